The second-order valence-electron chi connectivity index (χ2n) is 4.51. The van der Waals surface area contributed by atoms with Crippen LogP contribution in [0.5, 0.6) is 0 Å². The third-order valence-corrected chi connectivity index (χ3v) is 5.19. The van der Waals surface area contributed by atoms with Gasteiger partial charge in [-0.25, -0.2) is 0 Å². The fourth-order valence-corrected chi connectivity index (χ4v) is 4.42. The molecule has 3 unspecified atom stereocenters. The minimum absolute atomic E-state index is 0.303. The standard InChI is InChI=1S/C12H10OS/c13-11-9-7-8(9)10(7)12(11)14-6-4-2-1-3-5-6/h1-5,7-10,12H/t7-,8?,9?,10?,12+/m1/s1. The molecule has 70 valence electrons. The predicted molar refractivity (Wildman–Crippen MR) is 55.1 cm³/mol. The summed E-state index contributed by atoms with van der Waals surface area (Å²) in [6.07, 6.45) is 0. The molecule has 4 saturated carbocycles. The molecule has 0 aromatic heterocycles. The molecule has 4 aliphatic rings. The molecule has 4 fully saturated rings. The molecule has 0 saturated heterocycles. The maximum absolute atomic E-state index is 11.8. The lowest BCUT2D eigenvalue weighted by Crippen LogP contribution is -2.09. The van der Waals surface area contributed by atoms with Crippen LogP contribution >= 0.6 is 11.8 Å². The second-order valence-corrected chi connectivity index (χ2v) is 5.73. The van der Waals surface area contributed by atoms with Crippen molar-refractivity contribution in [3.63, 3.8) is 0 Å². The van der Waals surface area contributed by atoms with E-state index >= 15 is 0 Å². The van der Waals surface area contributed by atoms with Gasteiger partial charge < -0.3 is 0 Å². The summed E-state index contributed by atoms with van der Waals surface area (Å²) in [6, 6.07) is 10.3. The van der Waals surface area contributed by atoms with Crippen LogP contribution in [0.3, 0.4) is 0 Å². The summed E-state index contributed by atoms with van der Waals surface area (Å²) >= 11 is 1.78. The first-order chi connectivity index (χ1) is 6.88. The van der Waals surface area contributed by atoms with Crippen LogP contribution in [0.15, 0.2) is 35.2 Å². The molecule has 2 bridgehead atoms. The van der Waals surface area contributed by atoms with Gasteiger partial charge in [-0.2, -0.15) is 0 Å². The molecule has 0 spiro atoms. The average Bonchev–Trinajstić information content (AvgIpc) is 3.03. The Hall–Kier alpha value is -0.760. The van der Waals surface area contributed by atoms with Crippen molar-refractivity contribution >= 4 is 17.5 Å². The number of hydrogen-bond donors (Lipinski definition) is 0. The van der Waals surface area contributed by atoms with Crippen LogP contribution in [0.1, 0.15) is 0 Å². The zero-order chi connectivity index (χ0) is 9.28. The van der Waals surface area contributed by atoms with Crippen molar-refractivity contribution in [2.45, 2.75) is 10.1 Å². The predicted octanol–water partition coefficient (Wildman–Crippen LogP) is 2.22. The Labute approximate surface area is 86.9 Å². The topological polar surface area (TPSA) is 17.1 Å². The molecule has 5 atom stereocenters. The summed E-state index contributed by atoms with van der Waals surface area (Å²) in [5.74, 6) is 3.45. The normalized spacial score (nSPS) is 46.3. The van der Waals surface area contributed by atoms with Crippen molar-refractivity contribution in [2.24, 2.45) is 23.7 Å². The molecule has 2 heteroatoms. The van der Waals surface area contributed by atoms with Crippen LogP contribution in [-0.4, -0.2) is 11.0 Å². The van der Waals surface area contributed by atoms with E-state index in [-0.39, 0.29) is 0 Å². The summed E-state index contributed by atoms with van der Waals surface area (Å²) in [5, 5.41) is 0.303. The van der Waals surface area contributed by atoms with Crippen LogP contribution in [0.2, 0.25) is 0 Å². The van der Waals surface area contributed by atoms with Gasteiger partial charge in [-0.1, -0.05) is 18.2 Å². The van der Waals surface area contributed by atoms with Crippen LogP contribution < -0.4 is 0 Å². The van der Waals surface area contributed by atoms with Gasteiger partial charge in [0.1, 0.15) is 5.78 Å². The van der Waals surface area contributed by atoms with Crippen molar-refractivity contribution in [3.05, 3.63) is 30.3 Å². The van der Waals surface area contributed by atoms with E-state index in [9.17, 15) is 4.79 Å². The van der Waals surface area contributed by atoms with E-state index in [1.54, 1.807) is 11.8 Å². The van der Waals surface area contributed by atoms with Gasteiger partial charge in [-0.05, 0) is 29.9 Å². The molecule has 0 aliphatic heterocycles. The number of rotatable bonds is 2. The maximum Gasteiger partial charge on any atom is 0.150 e. The Kier molecular flexibility index (Phi) is 1.21. The Morgan fingerprint density at radius 1 is 1.00 bits per heavy atom. The number of fused-ring (bicyclic) bond motifs is 1. The highest BCUT2D eigenvalue weighted by Gasteiger charge is 2.84. The van der Waals surface area contributed by atoms with E-state index in [1.165, 1.54) is 4.90 Å². The minimum atomic E-state index is 0.303. The fraction of sp³-hybridized carbons (Fsp3) is 0.417. The molecule has 5 rings (SSSR count). The fourth-order valence-electron chi connectivity index (χ4n) is 3.02. The largest absolute Gasteiger partial charge is 0.298 e. The molecule has 0 amide bonds. The first-order valence-electron chi connectivity index (χ1n) is 5.13. The van der Waals surface area contributed by atoms with E-state index in [4.69, 9.17) is 0 Å². The van der Waals surface area contributed by atoms with Crippen molar-refractivity contribution in [1.29, 1.82) is 0 Å². The smallest absolute Gasteiger partial charge is 0.150 e. The van der Waals surface area contributed by atoms with Crippen LogP contribution in [0.4, 0.5) is 0 Å². The van der Waals surface area contributed by atoms with E-state index in [1.807, 2.05) is 18.2 Å². The average molecular weight is 202 g/mol. The highest BCUT2D eigenvalue weighted by molar-refractivity contribution is 8.00. The number of carbonyl (C=O) groups is 1. The molecule has 1 aromatic carbocycles. The Balaban J connectivity index is 1.59. The number of hydrogen-bond acceptors (Lipinski definition) is 2. The summed E-state index contributed by atoms with van der Waals surface area (Å²) in [6.45, 7) is 0. The molecule has 14 heavy (non-hydrogen) atoms. The van der Waals surface area contributed by atoms with Crippen molar-refractivity contribution in [1.82, 2.24) is 0 Å². The Morgan fingerprint density at radius 3 is 2.29 bits per heavy atom. The zero-order valence-corrected chi connectivity index (χ0v) is 8.41. The van der Waals surface area contributed by atoms with Crippen LogP contribution in [-0.2, 0) is 4.79 Å². The highest BCUT2D eigenvalue weighted by Crippen LogP contribution is 2.82. The van der Waals surface area contributed by atoms with E-state index in [2.05, 4.69) is 12.1 Å². The maximum atomic E-state index is 11.8. The van der Waals surface area contributed by atoms with Gasteiger partial charge in [0, 0.05) is 10.8 Å². The third-order valence-electron chi connectivity index (χ3n) is 3.85. The van der Waals surface area contributed by atoms with Crippen molar-refractivity contribution < 1.29 is 4.79 Å². The lowest BCUT2D eigenvalue weighted by Gasteiger charge is -2.06. The molecular formula is C12H10OS. The lowest BCUT2D eigenvalue weighted by atomic mass is 10.2. The first-order valence-corrected chi connectivity index (χ1v) is 6.01. The number of thioether (sulfide) groups is 1. The van der Waals surface area contributed by atoms with E-state index in [0.29, 0.717) is 17.0 Å². The van der Waals surface area contributed by atoms with Crippen LogP contribution in [0, 0.1) is 23.7 Å². The summed E-state index contributed by atoms with van der Waals surface area (Å²) in [4.78, 5) is 13.0. The Morgan fingerprint density at radius 2 is 1.71 bits per heavy atom. The second kappa shape index (κ2) is 2.25. The first kappa shape index (κ1) is 7.52. The summed E-state index contributed by atoms with van der Waals surface area (Å²) in [7, 11) is 0. The SMILES string of the molecule is O=C1C2C3C([C@@H]23)[C@@H]1Sc1ccccc1. The van der Waals surface area contributed by atoms with Gasteiger partial charge in [0.25, 0.3) is 0 Å². The van der Waals surface area contributed by atoms with Gasteiger partial charge in [-0.3, -0.25) is 4.79 Å². The molecule has 0 heterocycles. The van der Waals surface area contributed by atoms with Crippen molar-refractivity contribution in [2.75, 3.05) is 0 Å². The summed E-state index contributed by atoms with van der Waals surface area (Å²) < 4.78 is 0. The number of benzene rings is 1. The Bertz CT molecular complexity index is 404. The van der Waals surface area contributed by atoms with Gasteiger partial charge in [0.2, 0.25) is 0 Å². The molecule has 1 nitrogen and oxygen atoms in total. The number of Topliss-reactive ketones (excluding diaryl/α,β-unsaturated/α-hetero) is 1. The van der Waals surface area contributed by atoms with Crippen LogP contribution in [0.25, 0.3) is 0 Å². The van der Waals surface area contributed by atoms with Gasteiger partial charge >= 0.3 is 0 Å². The lowest BCUT2D eigenvalue weighted by molar-refractivity contribution is -0.118. The minimum Gasteiger partial charge on any atom is -0.298 e. The van der Waals surface area contributed by atoms with Crippen molar-refractivity contribution in [3.8, 4) is 0 Å². The molecule has 4 aliphatic carbocycles. The monoisotopic (exact) mass is 202 g/mol. The quantitative estimate of drug-likeness (QED) is 0.731. The number of carbonyl (C=O) groups excluding carboxylic acids is 1. The van der Waals surface area contributed by atoms with Gasteiger partial charge in [0.15, 0.2) is 0 Å². The van der Waals surface area contributed by atoms with E-state index in [0.717, 1.165) is 17.8 Å². The number of ketones is 1. The summed E-state index contributed by atoms with van der Waals surface area (Å²) in [5.41, 5.74) is 0. The molecule has 0 radical (unpaired) electrons. The molecular weight excluding hydrogens is 192 g/mol. The van der Waals surface area contributed by atoms with E-state index < -0.39 is 0 Å². The zero-order valence-electron chi connectivity index (χ0n) is 7.59. The van der Waals surface area contributed by atoms with Gasteiger partial charge in [0.05, 0.1) is 5.25 Å². The highest BCUT2D eigenvalue weighted by atomic mass is 32.2. The molecule has 0 N–H and O–H groups in total. The third kappa shape index (κ3) is 0.765. The molecule has 1 aromatic rings. The van der Waals surface area contributed by atoms with Gasteiger partial charge in [-0.15, -0.1) is 11.8 Å².